The summed E-state index contributed by atoms with van der Waals surface area (Å²) in [4.78, 5) is 20.3. The van der Waals surface area contributed by atoms with Crippen LogP contribution >= 0.6 is 23.4 Å². The number of anilines is 1. The Morgan fingerprint density at radius 3 is 2.41 bits per heavy atom. The monoisotopic (exact) mass is 511 g/mol. The molecule has 34 heavy (non-hydrogen) atoms. The number of halogens is 1. The number of hydrogen-bond acceptors (Lipinski definition) is 5. The summed E-state index contributed by atoms with van der Waals surface area (Å²) in [6.07, 6.45) is 0. The van der Waals surface area contributed by atoms with Crippen molar-refractivity contribution in [3.63, 3.8) is 0 Å². The second-order valence-corrected chi connectivity index (χ2v) is 10.9. The fraction of sp³-hybridized carbons (Fsp3) is 0.120. The van der Waals surface area contributed by atoms with Gasteiger partial charge in [0.25, 0.3) is 0 Å². The lowest BCUT2D eigenvalue weighted by Crippen LogP contribution is -2.15. The van der Waals surface area contributed by atoms with Crippen LogP contribution in [0, 0.1) is 13.8 Å². The van der Waals surface area contributed by atoms with E-state index >= 15 is 0 Å². The van der Waals surface area contributed by atoms with Gasteiger partial charge in [0, 0.05) is 16.3 Å². The summed E-state index contributed by atoms with van der Waals surface area (Å²) in [5.41, 5.74) is 3.20. The van der Waals surface area contributed by atoms with Crippen LogP contribution in [0.5, 0.6) is 0 Å². The van der Waals surface area contributed by atoms with Crippen LogP contribution in [0.3, 0.4) is 0 Å². The van der Waals surface area contributed by atoms with E-state index in [1.165, 1.54) is 12.1 Å². The second kappa shape index (κ2) is 10.0. The van der Waals surface area contributed by atoms with Gasteiger partial charge in [-0.2, -0.15) is 0 Å². The predicted octanol–water partition coefficient (Wildman–Crippen LogP) is 5.91. The smallest absolute Gasteiger partial charge is 0.234 e. The minimum Gasteiger partial charge on any atom is -0.328 e. The van der Waals surface area contributed by atoms with Gasteiger partial charge < -0.3 is 10.3 Å². The van der Waals surface area contributed by atoms with Crippen molar-refractivity contribution in [2.45, 2.75) is 28.8 Å². The van der Waals surface area contributed by atoms with E-state index in [-0.39, 0.29) is 26.6 Å². The number of nitrogens with zero attached hydrogens (tertiary/aromatic N) is 1. The Balaban J connectivity index is 1.64. The topological polar surface area (TPSA) is 91.9 Å². The average molecular weight is 512 g/mol. The molecule has 4 aromatic rings. The summed E-state index contributed by atoms with van der Waals surface area (Å²) in [7, 11) is -3.87. The number of carbonyl (C=O) groups is 1. The number of thioether (sulfide) groups is 1. The van der Waals surface area contributed by atoms with Gasteiger partial charge in [-0.1, -0.05) is 77.5 Å². The van der Waals surface area contributed by atoms with Crippen molar-refractivity contribution < 1.29 is 13.2 Å². The van der Waals surface area contributed by atoms with Crippen LogP contribution < -0.4 is 5.32 Å². The molecule has 9 heteroatoms. The Kier molecular flexibility index (Phi) is 7.11. The second-order valence-electron chi connectivity index (χ2n) is 7.65. The van der Waals surface area contributed by atoms with Gasteiger partial charge in [0.2, 0.25) is 15.7 Å². The zero-order valence-corrected chi connectivity index (χ0v) is 20.9. The molecule has 2 N–H and O–H groups in total. The zero-order valence-electron chi connectivity index (χ0n) is 18.5. The molecule has 0 unspecified atom stereocenters. The number of sulfone groups is 1. The summed E-state index contributed by atoms with van der Waals surface area (Å²) < 4.78 is 26.7. The third-order valence-corrected chi connectivity index (χ3v) is 8.41. The third kappa shape index (κ3) is 5.19. The molecule has 1 aromatic heterocycles. The highest BCUT2D eigenvalue weighted by molar-refractivity contribution is 8.00. The van der Waals surface area contributed by atoms with Gasteiger partial charge >= 0.3 is 0 Å². The summed E-state index contributed by atoms with van der Waals surface area (Å²) in [6.45, 7) is 3.79. The number of benzene rings is 3. The van der Waals surface area contributed by atoms with Crippen LogP contribution in [-0.2, 0) is 14.6 Å². The number of rotatable bonds is 7. The van der Waals surface area contributed by atoms with Crippen LogP contribution in [0.1, 0.15) is 11.1 Å². The molecule has 0 bridgehead atoms. The fourth-order valence-corrected chi connectivity index (χ4v) is 5.87. The minimum atomic E-state index is -3.87. The Labute approximate surface area is 207 Å². The number of aryl methyl sites for hydroxylation is 1. The highest BCUT2D eigenvalue weighted by atomic mass is 35.5. The molecule has 6 nitrogen and oxygen atoms in total. The van der Waals surface area contributed by atoms with Crippen LogP contribution in [0.25, 0.3) is 11.4 Å². The van der Waals surface area contributed by atoms with Gasteiger partial charge in [0.1, 0.15) is 10.9 Å². The number of aromatic amines is 1. The molecule has 174 valence electrons. The quantitative estimate of drug-likeness (QED) is 0.301. The molecule has 4 rings (SSSR count). The first kappa shape index (κ1) is 24.1. The normalized spacial score (nSPS) is 11.4. The van der Waals surface area contributed by atoms with E-state index in [4.69, 9.17) is 11.6 Å². The maximum Gasteiger partial charge on any atom is 0.234 e. The lowest BCUT2D eigenvalue weighted by molar-refractivity contribution is -0.113. The molecule has 0 saturated heterocycles. The molecule has 0 aliphatic heterocycles. The predicted molar refractivity (Wildman–Crippen MR) is 136 cm³/mol. The Bertz CT molecular complexity index is 1430. The van der Waals surface area contributed by atoms with Crippen molar-refractivity contribution in [2.24, 2.45) is 0 Å². The van der Waals surface area contributed by atoms with E-state index in [1.807, 2.05) is 38.1 Å². The van der Waals surface area contributed by atoms with Gasteiger partial charge in [0.05, 0.1) is 10.6 Å². The van der Waals surface area contributed by atoms with Crippen molar-refractivity contribution in [1.29, 1.82) is 0 Å². The summed E-state index contributed by atoms with van der Waals surface area (Å²) >= 11 is 7.19. The van der Waals surface area contributed by atoms with Gasteiger partial charge in [-0.15, -0.1) is 0 Å². The van der Waals surface area contributed by atoms with Gasteiger partial charge in [-0.3, -0.25) is 4.79 Å². The van der Waals surface area contributed by atoms with Crippen LogP contribution in [0.4, 0.5) is 5.69 Å². The number of carbonyl (C=O) groups excluding carboxylic acids is 1. The Morgan fingerprint density at radius 1 is 1.00 bits per heavy atom. The first-order chi connectivity index (χ1) is 16.3. The summed E-state index contributed by atoms with van der Waals surface area (Å²) in [5, 5.41) is 3.57. The van der Waals surface area contributed by atoms with Crippen LogP contribution in [-0.4, -0.2) is 30.0 Å². The summed E-state index contributed by atoms with van der Waals surface area (Å²) in [5.74, 6) is 0.1000. The number of hydrogen-bond donors (Lipinski definition) is 2. The Morgan fingerprint density at radius 2 is 1.71 bits per heavy atom. The van der Waals surface area contributed by atoms with Gasteiger partial charge in [0.15, 0.2) is 5.03 Å². The third-order valence-electron chi connectivity index (χ3n) is 5.17. The minimum absolute atomic E-state index is 0.0263. The van der Waals surface area contributed by atoms with Crippen molar-refractivity contribution >= 4 is 44.8 Å². The van der Waals surface area contributed by atoms with E-state index in [9.17, 15) is 13.2 Å². The van der Waals surface area contributed by atoms with E-state index < -0.39 is 9.84 Å². The van der Waals surface area contributed by atoms with Gasteiger partial charge in [-0.25, -0.2) is 13.4 Å². The molecule has 0 spiro atoms. The molecule has 1 heterocycles. The molecule has 0 radical (unpaired) electrons. The highest BCUT2D eigenvalue weighted by Gasteiger charge is 2.26. The highest BCUT2D eigenvalue weighted by Crippen LogP contribution is 2.32. The van der Waals surface area contributed by atoms with E-state index in [1.54, 1.807) is 36.4 Å². The fourth-order valence-electron chi connectivity index (χ4n) is 3.25. The molecule has 0 atom stereocenters. The number of imidazole rings is 1. The van der Waals surface area contributed by atoms with Crippen molar-refractivity contribution in [2.75, 3.05) is 11.1 Å². The largest absolute Gasteiger partial charge is 0.328 e. The van der Waals surface area contributed by atoms with E-state index in [2.05, 4.69) is 15.3 Å². The number of aromatic nitrogens is 2. The maximum absolute atomic E-state index is 13.4. The average Bonchev–Trinajstić information content (AvgIpc) is 3.27. The lowest BCUT2D eigenvalue weighted by atomic mass is 10.1. The molecule has 0 aliphatic carbocycles. The maximum atomic E-state index is 13.4. The van der Waals surface area contributed by atoms with Crippen LogP contribution in [0.15, 0.2) is 87.7 Å². The number of nitrogens with one attached hydrogen (secondary N) is 2. The van der Waals surface area contributed by atoms with Gasteiger partial charge in [-0.05, 0) is 43.7 Å². The van der Waals surface area contributed by atoms with E-state index in [0.29, 0.717) is 16.5 Å². The van der Waals surface area contributed by atoms with E-state index in [0.717, 1.165) is 28.5 Å². The first-order valence-corrected chi connectivity index (χ1v) is 13.3. The lowest BCUT2D eigenvalue weighted by Gasteiger charge is -2.09. The number of H-pyrrole nitrogens is 1. The SMILES string of the molecule is Cc1ccc(-c2nc(SCC(=O)Nc3cccc(Cl)c3C)c(S(=O)(=O)c3ccccc3)[nH]2)cc1. The molecule has 1 amide bonds. The molecule has 0 fully saturated rings. The Hall–Kier alpha value is -3.07. The molecular weight excluding hydrogens is 490 g/mol. The summed E-state index contributed by atoms with van der Waals surface area (Å²) in [6, 6.07) is 21.0. The zero-order chi connectivity index (χ0) is 24.3. The van der Waals surface area contributed by atoms with Crippen molar-refractivity contribution in [1.82, 2.24) is 9.97 Å². The molecule has 0 aliphatic rings. The van der Waals surface area contributed by atoms with Crippen molar-refractivity contribution in [3.8, 4) is 11.4 Å². The molecule has 0 saturated carbocycles. The van der Waals surface area contributed by atoms with Crippen molar-refractivity contribution in [3.05, 3.63) is 88.9 Å². The number of amides is 1. The van der Waals surface area contributed by atoms with Crippen LogP contribution in [0.2, 0.25) is 5.02 Å². The first-order valence-electron chi connectivity index (χ1n) is 10.4. The molecular formula is C25H22ClN3O3S2. The molecule has 3 aromatic carbocycles. The standard InChI is InChI=1S/C25H22ClN3O3S2/c1-16-11-13-18(14-12-16)23-28-24(25(29-23)34(31,32)19-7-4-3-5-8-19)33-15-22(30)27-21-10-6-9-20(26)17(21)2/h3-14H,15H2,1-2H3,(H,27,30)(H,28,29).